The minimum atomic E-state index is -0.889. The van der Waals surface area contributed by atoms with E-state index >= 15 is 0 Å². The van der Waals surface area contributed by atoms with Gasteiger partial charge in [0.05, 0.1) is 11.4 Å². The lowest BCUT2D eigenvalue weighted by molar-refractivity contribution is -0.160. The van der Waals surface area contributed by atoms with Crippen molar-refractivity contribution in [1.82, 2.24) is 4.98 Å². The number of carbonyl (C=O) groups is 2. The zero-order chi connectivity index (χ0) is 22.5. The quantitative estimate of drug-likeness (QED) is 0.213. The summed E-state index contributed by atoms with van der Waals surface area (Å²) in [7, 11) is 0. The summed E-state index contributed by atoms with van der Waals surface area (Å²) in [4.78, 5) is 31.3. The number of β-lactam (4-membered cyclic amide) rings is 1. The Bertz CT molecular complexity index is 1560. The first-order valence-electron chi connectivity index (χ1n) is 10.9. The Labute approximate surface area is 190 Å². The average Bonchev–Trinajstić information content (AvgIpc) is 2.85. The molecule has 1 amide bonds. The maximum Gasteiger partial charge on any atom is 0.303 e. The number of hydrogen-bond acceptors (Lipinski definition) is 4. The SMILES string of the molecule is CC(=O)OC1C(=O)N(c2cc3c4ccccc4ccc3c3ccccc23)[C@H]1c1ccccn1. The van der Waals surface area contributed by atoms with E-state index in [0.717, 1.165) is 38.0 Å². The van der Waals surface area contributed by atoms with E-state index in [9.17, 15) is 9.59 Å². The summed E-state index contributed by atoms with van der Waals surface area (Å²) in [5.74, 6) is -0.728. The van der Waals surface area contributed by atoms with Crippen molar-refractivity contribution in [3.05, 3.63) is 96.8 Å². The van der Waals surface area contributed by atoms with E-state index in [1.807, 2.05) is 48.5 Å². The topological polar surface area (TPSA) is 59.5 Å². The minimum absolute atomic E-state index is 0.245. The fourth-order valence-corrected chi connectivity index (χ4v) is 4.90. The van der Waals surface area contributed by atoms with Crippen molar-refractivity contribution < 1.29 is 14.3 Å². The molecule has 0 N–H and O–H groups in total. The van der Waals surface area contributed by atoms with Crippen LogP contribution in [0.2, 0.25) is 0 Å². The van der Waals surface area contributed by atoms with Gasteiger partial charge in [0.25, 0.3) is 5.91 Å². The second-order valence-electron chi connectivity index (χ2n) is 8.26. The highest BCUT2D eigenvalue weighted by atomic mass is 16.6. The van der Waals surface area contributed by atoms with Gasteiger partial charge in [-0.3, -0.25) is 19.5 Å². The van der Waals surface area contributed by atoms with Crippen molar-refractivity contribution in [2.75, 3.05) is 4.90 Å². The monoisotopic (exact) mass is 432 g/mol. The van der Waals surface area contributed by atoms with Crippen molar-refractivity contribution in [2.45, 2.75) is 19.1 Å². The summed E-state index contributed by atoms with van der Waals surface area (Å²) < 4.78 is 5.42. The van der Waals surface area contributed by atoms with Gasteiger partial charge in [0, 0.05) is 18.5 Å². The Morgan fingerprint density at radius 2 is 1.52 bits per heavy atom. The van der Waals surface area contributed by atoms with E-state index in [2.05, 4.69) is 41.4 Å². The third kappa shape index (κ3) is 2.97. The van der Waals surface area contributed by atoms with Gasteiger partial charge in [0.15, 0.2) is 0 Å². The second-order valence-corrected chi connectivity index (χ2v) is 8.26. The van der Waals surface area contributed by atoms with E-state index in [4.69, 9.17) is 4.74 Å². The van der Waals surface area contributed by atoms with Gasteiger partial charge in [-0.25, -0.2) is 0 Å². The number of rotatable bonds is 3. The van der Waals surface area contributed by atoms with Crippen molar-refractivity contribution in [3.63, 3.8) is 0 Å². The number of carbonyl (C=O) groups excluding carboxylic acids is 2. The van der Waals surface area contributed by atoms with Crippen LogP contribution in [0.15, 0.2) is 91.1 Å². The molecule has 5 heteroatoms. The molecule has 0 aliphatic carbocycles. The molecule has 1 unspecified atom stereocenters. The summed E-state index contributed by atoms with van der Waals surface area (Å²) in [5.41, 5.74) is 1.48. The molecule has 5 aromatic rings. The fourth-order valence-electron chi connectivity index (χ4n) is 4.90. The number of anilines is 1. The number of hydrogen-bond donors (Lipinski definition) is 0. The molecule has 2 atom stereocenters. The van der Waals surface area contributed by atoms with Crippen molar-refractivity contribution >= 4 is 49.9 Å². The zero-order valence-electron chi connectivity index (χ0n) is 17.9. The Hall–Kier alpha value is -4.25. The van der Waals surface area contributed by atoms with Crippen LogP contribution in [0.5, 0.6) is 0 Å². The number of fused-ring (bicyclic) bond motifs is 5. The smallest absolute Gasteiger partial charge is 0.303 e. The van der Waals surface area contributed by atoms with Crippen LogP contribution >= 0.6 is 0 Å². The lowest BCUT2D eigenvalue weighted by Crippen LogP contribution is -2.61. The molecule has 1 aromatic heterocycles. The van der Waals surface area contributed by atoms with Gasteiger partial charge in [-0.15, -0.1) is 0 Å². The normalized spacial score (nSPS) is 18.0. The largest absolute Gasteiger partial charge is 0.450 e. The van der Waals surface area contributed by atoms with Crippen LogP contribution in [-0.2, 0) is 14.3 Å². The number of aromatic nitrogens is 1. The molecule has 1 aliphatic rings. The molecule has 160 valence electrons. The van der Waals surface area contributed by atoms with Crippen molar-refractivity contribution in [2.24, 2.45) is 0 Å². The van der Waals surface area contributed by atoms with Crippen LogP contribution in [0.4, 0.5) is 5.69 Å². The summed E-state index contributed by atoms with van der Waals surface area (Å²) >= 11 is 0. The Balaban J connectivity index is 1.63. The number of amides is 1. The highest BCUT2D eigenvalue weighted by Gasteiger charge is 2.52. The number of benzene rings is 4. The lowest BCUT2D eigenvalue weighted by Gasteiger charge is -2.46. The predicted molar refractivity (Wildman–Crippen MR) is 129 cm³/mol. The van der Waals surface area contributed by atoms with Gasteiger partial charge in [-0.05, 0) is 45.1 Å². The molecule has 2 heterocycles. The Morgan fingerprint density at radius 3 is 2.27 bits per heavy atom. The fraction of sp³-hybridized carbons (Fsp3) is 0.107. The second kappa shape index (κ2) is 7.41. The van der Waals surface area contributed by atoms with E-state index in [1.165, 1.54) is 6.92 Å². The number of nitrogens with zero attached hydrogens (tertiary/aromatic N) is 2. The lowest BCUT2D eigenvalue weighted by atomic mass is 9.89. The molecule has 4 aromatic carbocycles. The van der Waals surface area contributed by atoms with E-state index in [1.54, 1.807) is 11.1 Å². The summed E-state index contributed by atoms with van der Waals surface area (Å²) in [5, 5.41) is 6.51. The molecule has 0 bridgehead atoms. The van der Waals surface area contributed by atoms with Crippen LogP contribution in [0.3, 0.4) is 0 Å². The maximum atomic E-state index is 13.3. The predicted octanol–water partition coefficient (Wildman–Crippen LogP) is 5.56. The van der Waals surface area contributed by atoms with E-state index in [0.29, 0.717) is 5.69 Å². The van der Waals surface area contributed by atoms with Crippen molar-refractivity contribution in [1.29, 1.82) is 0 Å². The van der Waals surface area contributed by atoms with Gasteiger partial charge in [0.2, 0.25) is 6.10 Å². The van der Waals surface area contributed by atoms with Crippen LogP contribution in [0.1, 0.15) is 18.7 Å². The molecule has 0 saturated carbocycles. The average molecular weight is 432 g/mol. The highest BCUT2D eigenvalue weighted by molar-refractivity contribution is 6.23. The molecule has 5 nitrogen and oxygen atoms in total. The standard InChI is InChI=1S/C28H20N2O3/c1-17(31)33-27-26(24-12-6-7-15-29-24)30(28(27)32)25-16-23-19-9-3-2-8-18(19)13-14-21(23)20-10-4-5-11-22(20)25/h2-16,26-27H,1H3/t26-,27?/m0/s1. The maximum absolute atomic E-state index is 13.3. The van der Waals surface area contributed by atoms with Gasteiger partial charge >= 0.3 is 5.97 Å². The van der Waals surface area contributed by atoms with Crippen LogP contribution in [-0.4, -0.2) is 23.0 Å². The van der Waals surface area contributed by atoms with Gasteiger partial charge < -0.3 is 4.74 Å². The number of esters is 1. The Morgan fingerprint density at radius 1 is 0.818 bits per heavy atom. The number of pyridine rings is 1. The molecule has 0 spiro atoms. The summed E-state index contributed by atoms with van der Waals surface area (Å²) in [6.45, 7) is 1.32. The third-order valence-corrected chi connectivity index (χ3v) is 6.33. The van der Waals surface area contributed by atoms with E-state index in [-0.39, 0.29) is 5.91 Å². The van der Waals surface area contributed by atoms with Crippen molar-refractivity contribution in [3.8, 4) is 0 Å². The number of ether oxygens (including phenoxy) is 1. The van der Waals surface area contributed by atoms with Crippen LogP contribution in [0.25, 0.3) is 32.3 Å². The Kier molecular flexibility index (Phi) is 4.37. The molecule has 33 heavy (non-hydrogen) atoms. The minimum Gasteiger partial charge on any atom is -0.450 e. The molecular weight excluding hydrogens is 412 g/mol. The molecule has 1 fully saturated rings. The van der Waals surface area contributed by atoms with E-state index < -0.39 is 18.1 Å². The molecule has 6 rings (SSSR count). The molecular formula is C28H20N2O3. The molecule has 0 radical (unpaired) electrons. The van der Waals surface area contributed by atoms with Gasteiger partial charge in [-0.1, -0.05) is 66.7 Å². The first-order chi connectivity index (χ1) is 16.1. The van der Waals surface area contributed by atoms with Gasteiger partial charge in [0.1, 0.15) is 6.04 Å². The third-order valence-electron chi connectivity index (χ3n) is 6.33. The first-order valence-corrected chi connectivity index (χ1v) is 10.9. The zero-order valence-corrected chi connectivity index (χ0v) is 17.9. The molecule has 1 saturated heterocycles. The van der Waals surface area contributed by atoms with Gasteiger partial charge in [-0.2, -0.15) is 0 Å². The van der Waals surface area contributed by atoms with Crippen LogP contribution in [0, 0.1) is 0 Å². The molecule has 1 aliphatic heterocycles. The highest BCUT2D eigenvalue weighted by Crippen LogP contribution is 2.45. The summed E-state index contributed by atoms with van der Waals surface area (Å²) in [6, 6.07) is 27.8. The summed E-state index contributed by atoms with van der Waals surface area (Å²) in [6.07, 6.45) is 0.798. The van der Waals surface area contributed by atoms with Crippen LogP contribution < -0.4 is 4.90 Å². The first kappa shape index (κ1) is 19.4.